The summed E-state index contributed by atoms with van der Waals surface area (Å²) in [5.41, 5.74) is 2.10. The summed E-state index contributed by atoms with van der Waals surface area (Å²) in [5, 5.41) is 11.7. The Kier molecular flexibility index (Phi) is 1.99. The van der Waals surface area contributed by atoms with Gasteiger partial charge in [-0.25, -0.2) is 4.39 Å². The molecule has 0 saturated carbocycles. The highest BCUT2D eigenvalue weighted by atomic mass is 19.1. The second-order valence-electron chi connectivity index (χ2n) is 3.13. The van der Waals surface area contributed by atoms with E-state index in [1.54, 1.807) is 6.07 Å². The van der Waals surface area contributed by atoms with Crippen LogP contribution in [0.2, 0.25) is 0 Å². The molecule has 0 spiro atoms. The number of hydrogen-bond acceptors (Lipinski definition) is 2. The summed E-state index contributed by atoms with van der Waals surface area (Å²) in [7, 11) is 0. The van der Waals surface area contributed by atoms with Crippen molar-refractivity contribution in [3.63, 3.8) is 0 Å². The van der Waals surface area contributed by atoms with Gasteiger partial charge >= 0.3 is 0 Å². The molecule has 3 heteroatoms. The third kappa shape index (κ3) is 1.41. The lowest BCUT2D eigenvalue weighted by molar-refractivity contribution is 0.563. The van der Waals surface area contributed by atoms with Crippen LogP contribution in [0, 0.1) is 17.1 Å². The molecule has 1 N–H and O–H groups in total. The number of fused-ring (bicyclic) bond motifs is 1. The summed E-state index contributed by atoms with van der Waals surface area (Å²) in [6, 6.07) is 5.03. The second kappa shape index (κ2) is 3.15. The molecule has 0 saturated heterocycles. The van der Waals surface area contributed by atoms with Crippen molar-refractivity contribution < 1.29 is 4.39 Å². The molecule has 2 rings (SSSR count). The number of hydrogen-bond donors (Lipinski definition) is 1. The van der Waals surface area contributed by atoms with Crippen LogP contribution in [-0.2, 0) is 13.0 Å². The number of nitriles is 1. The van der Waals surface area contributed by atoms with E-state index in [9.17, 15) is 4.39 Å². The fraction of sp³-hybridized carbons (Fsp3) is 0.300. The monoisotopic (exact) mass is 176 g/mol. The third-order valence-corrected chi connectivity index (χ3v) is 2.29. The van der Waals surface area contributed by atoms with Gasteiger partial charge in [0.25, 0.3) is 0 Å². The number of halogens is 1. The summed E-state index contributed by atoms with van der Waals surface area (Å²) in [6.07, 6.45) is 0.807. The molecular formula is C10H9FN2. The Bertz CT molecular complexity index is 379. The SMILES string of the molecule is N#Cc1cc(F)c2c(c1)CCNC2. The Morgan fingerprint density at radius 3 is 3.08 bits per heavy atom. The Balaban J connectivity index is 2.54. The largest absolute Gasteiger partial charge is 0.312 e. The van der Waals surface area contributed by atoms with Crippen LogP contribution in [0.5, 0.6) is 0 Å². The minimum atomic E-state index is -0.263. The topological polar surface area (TPSA) is 35.8 Å². The van der Waals surface area contributed by atoms with Gasteiger partial charge in [-0.1, -0.05) is 0 Å². The van der Waals surface area contributed by atoms with Gasteiger partial charge in [0.15, 0.2) is 0 Å². The zero-order valence-electron chi connectivity index (χ0n) is 7.10. The van der Waals surface area contributed by atoms with Gasteiger partial charge in [0, 0.05) is 12.1 Å². The van der Waals surface area contributed by atoms with Gasteiger partial charge in [0.2, 0.25) is 0 Å². The van der Waals surface area contributed by atoms with Gasteiger partial charge in [0.05, 0.1) is 11.6 Å². The highest BCUT2D eigenvalue weighted by Gasteiger charge is 2.13. The molecule has 0 fully saturated rings. The van der Waals surface area contributed by atoms with Crippen molar-refractivity contribution in [3.8, 4) is 6.07 Å². The van der Waals surface area contributed by atoms with Crippen molar-refractivity contribution in [2.45, 2.75) is 13.0 Å². The zero-order valence-corrected chi connectivity index (χ0v) is 7.10. The van der Waals surface area contributed by atoms with E-state index in [1.165, 1.54) is 6.07 Å². The molecule has 0 aromatic heterocycles. The van der Waals surface area contributed by atoms with Crippen molar-refractivity contribution in [1.29, 1.82) is 5.26 Å². The lowest BCUT2D eigenvalue weighted by atomic mass is 9.98. The zero-order chi connectivity index (χ0) is 9.26. The maximum atomic E-state index is 13.3. The molecule has 1 aromatic rings. The fourth-order valence-corrected chi connectivity index (χ4v) is 1.62. The van der Waals surface area contributed by atoms with Crippen molar-refractivity contribution >= 4 is 0 Å². The molecular weight excluding hydrogens is 167 g/mol. The summed E-state index contributed by atoms with van der Waals surface area (Å²) >= 11 is 0. The van der Waals surface area contributed by atoms with E-state index in [0.29, 0.717) is 17.7 Å². The maximum absolute atomic E-state index is 13.3. The molecule has 0 unspecified atom stereocenters. The molecule has 1 aliphatic heterocycles. The fourth-order valence-electron chi connectivity index (χ4n) is 1.62. The van der Waals surface area contributed by atoms with E-state index in [0.717, 1.165) is 18.5 Å². The molecule has 1 aliphatic rings. The molecule has 0 aliphatic carbocycles. The molecule has 1 aromatic carbocycles. The van der Waals surface area contributed by atoms with Crippen LogP contribution in [0.3, 0.4) is 0 Å². The Morgan fingerprint density at radius 2 is 2.31 bits per heavy atom. The summed E-state index contributed by atoms with van der Waals surface area (Å²) < 4.78 is 13.3. The predicted molar refractivity (Wildman–Crippen MR) is 46.5 cm³/mol. The standard InChI is InChI=1S/C10H9FN2/c11-10-4-7(5-12)3-8-1-2-13-6-9(8)10/h3-4,13H,1-2,6H2. The second-order valence-corrected chi connectivity index (χ2v) is 3.13. The van der Waals surface area contributed by atoms with Crippen molar-refractivity contribution in [1.82, 2.24) is 5.32 Å². The quantitative estimate of drug-likeness (QED) is 0.647. The Morgan fingerprint density at radius 1 is 1.46 bits per heavy atom. The van der Waals surface area contributed by atoms with Gasteiger partial charge < -0.3 is 5.32 Å². The van der Waals surface area contributed by atoms with E-state index in [-0.39, 0.29) is 5.82 Å². The molecule has 0 atom stereocenters. The van der Waals surface area contributed by atoms with E-state index < -0.39 is 0 Å². The third-order valence-electron chi connectivity index (χ3n) is 2.29. The maximum Gasteiger partial charge on any atom is 0.129 e. The first-order valence-electron chi connectivity index (χ1n) is 4.23. The smallest absolute Gasteiger partial charge is 0.129 e. The summed E-state index contributed by atoms with van der Waals surface area (Å²) in [4.78, 5) is 0. The lowest BCUT2D eigenvalue weighted by Crippen LogP contribution is -2.24. The van der Waals surface area contributed by atoms with Gasteiger partial charge in [-0.2, -0.15) is 5.26 Å². The predicted octanol–water partition coefficient (Wildman–Crippen LogP) is 1.34. The van der Waals surface area contributed by atoms with Crippen molar-refractivity contribution in [2.24, 2.45) is 0 Å². The normalized spacial score (nSPS) is 14.8. The van der Waals surface area contributed by atoms with Crippen LogP contribution < -0.4 is 5.32 Å². The van der Waals surface area contributed by atoms with Crippen molar-refractivity contribution in [3.05, 3.63) is 34.6 Å². The number of rotatable bonds is 0. The first kappa shape index (κ1) is 8.21. The molecule has 0 amide bonds. The Hall–Kier alpha value is -1.40. The van der Waals surface area contributed by atoms with Gasteiger partial charge in [0.1, 0.15) is 5.82 Å². The van der Waals surface area contributed by atoms with Crippen LogP contribution in [0.15, 0.2) is 12.1 Å². The molecule has 2 nitrogen and oxygen atoms in total. The van der Waals surface area contributed by atoms with Gasteiger partial charge in [-0.3, -0.25) is 0 Å². The van der Waals surface area contributed by atoms with E-state index in [1.807, 2.05) is 6.07 Å². The molecule has 1 heterocycles. The minimum Gasteiger partial charge on any atom is -0.312 e. The van der Waals surface area contributed by atoms with E-state index in [2.05, 4.69) is 5.32 Å². The molecule has 66 valence electrons. The van der Waals surface area contributed by atoms with Crippen LogP contribution in [0.25, 0.3) is 0 Å². The van der Waals surface area contributed by atoms with Gasteiger partial charge in [-0.15, -0.1) is 0 Å². The number of nitrogens with one attached hydrogen (secondary N) is 1. The summed E-state index contributed by atoms with van der Waals surface area (Å²) in [5.74, 6) is -0.263. The van der Waals surface area contributed by atoms with Gasteiger partial charge in [-0.05, 0) is 30.7 Å². The highest BCUT2D eigenvalue weighted by molar-refractivity contribution is 5.40. The van der Waals surface area contributed by atoms with Crippen LogP contribution in [-0.4, -0.2) is 6.54 Å². The van der Waals surface area contributed by atoms with Crippen molar-refractivity contribution in [2.75, 3.05) is 6.54 Å². The molecule has 13 heavy (non-hydrogen) atoms. The van der Waals surface area contributed by atoms with E-state index in [4.69, 9.17) is 5.26 Å². The number of benzene rings is 1. The number of nitrogens with zero attached hydrogens (tertiary/aromatic N) is 1. The average Bonchev–Trinajstić information content (AvgIpc) is 2.18. The summed E-state index contributed by atoms with van der Waals surface area (Å²) in [6.45, 7) is 1.44. The van der Waals surface area contributed by atoms with Crippen LogP contribution in [0.1, 0.15) is 16.7 Å². The first-order chi connectivity index (χ1) is 6.31. The molecule has 0 bridgehead atoms. The van der Waals surface area contributed by atoms with E-state index >= 15 is 0 Å². The van der Waals surface area contributed by atoms with Crippen LogP contribution in [0.4, 0.5) is 4.39 Å². The minimum absolute atomic E-state index is 0.263. The van der Waals surface area contributed by atoms with Crippen LogP contribution >= 0.6 is 0 Å². The lowest BCUT2D eigenvalue weighted by Gasteiger charge is -2.17. The highest BCUT2D eigenvalue weighted by Crippen LogP contribution is 2.19. The molecule has 0 radical (unpaired) electrons. The average molecular weight is 176 g/mol. The first-order valence-corrected chi connectivity index (χ1v) is 4.23. The Labute approximate surface area is 76.0 Å².